The SMILES string of the molecule is C=C(CN(C(=O)c1c(C(F)F)nn(C)c1F)C1CC1)c1cccc(S(C)(=O)=O)c1. The summed E-state index contributed by atoms with van der Waals surface area (Å²) in [5.74, 6) is -2.01. The van der Waals surface area contributed by atoms with Crippen molar-refractivity contribution in [2.75, 3.05) is 12.8 Å². The molecule has 3 rings (SSSR count). The number of carbonyl (C=O) groups is 1. The zero-order chi connectivity index (χ0) is 21.5. The Morgan fingerprint density at radius 3 is 2.59 bits per heavy atom. The van der Waals surface area contributed by atoms with E-state index >= 15 is 0 Å². The second-order valence-electron chi connectivity index (χ2n) is 7.04. The molecule has 6 nitrogen and oxygen atoms in total. The lowest BCUT2D eigenvalue weighted by molar-refractivity contribution is 0.0747. The van der Waals surface area contributed by atoms with E-state index in [4.69, 9.17) is 0 Å². The van der Waals surface area contributed by atoms with E-state index in [9.17, 15) is 26.4 Å². The number of sulfone groups is 1. The summed E-state index contributed by atoms with van der Waals surface area (Å²) in [5, 5.41) is 3.42. The Hall–Kier alpha value is -2.62. The van der Waals surface area contributed by atoms with Crippen LogP contribution in [0.1, 0.15) is 40.9 Å². The fourth-order valence-electron chi connectivity index (χ4n) is 3.01. The van der Waals surface area contributed by atoms with E-state index in [0.717, 1.165) is 13.3 Å². The van der Waals surface area contributed by atoms with Gasteiger partial charge in [-0.2, -0.15) is 9.49 Å². The highest BCUT2D eigenvalue weighted by atomic mass is 32.2. The molecule has 156 valence electrons. The van der Waals surface area contributed by atoms with Gasteiger partial charge in [0.1, 0.15) is 11.3 Å². The first-order valence-corrected chi connectivity index (χ1v) is 10.7. The fraction of sp³-hybridized carbons (Fsp3) is 0.368. The first-order valence-electron chi connectivity index (χ1n) is 8.80. The highest BCUT2D eigenvalue weighted by Crippen LogP contribution is 2.33. The van der Waals surface area contributed by atoms with Gasteiger partial charge in [0.05, 0.1) is 4.90 Å². The Bertz CT molecular complexity index is 1080. The van der Waals surface area contributed by atoms with E-state index in [-0.39, 0.29) is 17.5 Å². The number of hydrogen-bond acceptors (Lipinski definition) is 4. The monoisotopic (exact) mass is 427 g/mol. The standard InChI is InChI=1S/C19H20F3N3O3S/c1-11(12-5-4-6-14(9-12)29(3,27)28)10-25(13-7-8-13)19(26)15-16(17(20)21)23-24(2)18(15)22/h4-6,9,13,17H,1,7-8,10H2,2-3H3. The van der Waals surface area contributed by atoms with Crippen LogP contribution in [0.2, 0.25) is 0 Å². The van der Waals surface area contributed by atoms with Gasteiger partial charge in [-0.15, -0.1) is 0 Å². The van der Waals surface area contributed by atoms with Crippen molar-refractivity contribution in [2.24, 2.45) is 7.05 Å². The third-order valence-corrected chi connectivity index (χ3v) is 5.82. The Morgan fingerprint density at radius 2 is 2.03 bits per heavy atom. The molecule has 10 heteroatoms. The van der Waals surface area contributed by atoms with E-state index in [1.807, 2.05) is 0 Å². The number of carbonyl (C=O) groups excluding carboxylic acids is 1. The van der Waals surface area contributed by atoms with Gasteiger partial charge in [0.2, 0.25) is 5.95 Å². The topological polar surface area (TPSA) is 72.3 Å². The molecule has 1 saturated carbocycles. The molecule has 0 saturated heterocycles. The normalized spacial score (nSPS) is 14.3. The van der Waals surface area contributed by atoms with Crippen molar-refractivity contribution in [3.63, 3.8) is 0 Å². The van der Waals surface area contributed by atoms with Gasteiger partial charge in [0.25, 0.3) is 12.3 Å². The second-order valence-corrected chi connectivity index (χ2v) is 9.06. The maximum absolute atomic E-state index is 14.4. The van der Waals surface area contributed by atoms with Gasteiger partial charge < -0.3 is 4.90 Å². The zero-order valence-corrected chi connectivity index (χ0v) is 16.7. The molecule has 1 aliphatic carbocycles. The van der Waals surface area contributed by atoms with E-state index < -0.39 is 39.4 Å². The van der Waals surface area contributed by atoms with Gasteiger partial charge in [-0.05, 0) is 36.1 Å². The highest BCUT2D eigenvalue weighted by Gasteiger charge is 2.38. The van der Waals surface area contributed by atoms with Crippen LogP contribution in [-0.4, -0.2) is 47.8 Å². The molecular formula is C19H20F3N3O3S. The maximum Gasteiger partial charge on any atom is 0.283 e. The maximum atomic E-state index is 14.4. The number of aromatic nitrogens is 2. The molecule has 1 aromatic heterocycles. The van der Waals surface area contributed by atoms with Crippen molar-refractivity contribution >= 4 is 21.3 Å². The fourth-order valence-corrected chi connectivity index (χ4v) is 3.68. The number of amides is 1. The van der Waals surface area contributed by atoms with Crippen LogP contribution in [0.5, 0.6) is 0 Å². The highest BCUT2D eigenvalue weighted by molar-refractivity contribution is 7.90. The zero-order valence-electron chi connectivity index (χ0n) is 15.9. The predicted molar refractivity (Wildman–Crippen MR) is 101 cm³/mol. The van der Waals surface area contributed by atoms with E-state index in [0.29, 0.717) is 28.7 Å². The third kappa shape index (κ3) is 4.36. The summed E-state index contributed by atoms with van der Waals surface area (Å²) in [6.45, 7) is 3.86. The van der Waals surface area contributed by atoms with Crippen LogP contribution in [0.15, 0.2) is 35.7 Å². The molecule has 1 aliphatic rings. The predicted octanol–water partition coefficient (Wildman–Crippen LogP) is 3.22. The van der Waals surface area contributed by atoms with Gasteiger partial charge in [0, 0.05) is 25.9 Å². The van der Waals surface area contributed by atoms with Crippen molar-refractivity contribution in [1.29, 1.82) is 0 Å². The molecule has 2 aromatic rings. The van der Waals surface area contributed by atoms with E-state index in [2.05, 4.69) is 11.7 Å². The first-order chi connectivity index (χ1) is 13.5. The van der Waals surface area contributed by atoms with Crippen molar-refractivity contribution < 1.29 is 26.4 Å². The van der Waals surface area contributed by atoms with Gasteiger partial charge in [-0.25, -0.2) is 21.9 Å². The van der Waals surface area contributed by atoms with E-state index in [1.165, 1.54) is 17.0 Å². The molecule has 0 spiro atoms. The van der Waals surface area contributed by atoms with Crippen LogP contribution >= 0.6 is 0 Å². The molecule has 1 heterocycles. The molecule has 0 aliphatic heterocycles. The average Bonchev–Trinajstić information content (AvgIpc) is 3.44. The van der Waals surface area contributed by atoms with Gasteiger partial charge in [-0.1, -0.05) is 18.7 Å². The van der Waals surface area contributed by atoms with Crippen molar-refractivity contribution in [3.05, 3.63) is 53.6 Å². The summed E-state index contributed by atoms with van der Waals surface area (Å²) in [5.41, 5.74) is -0.733. The molecule has 1 amide bonds. The number of aryl methyl sites for hydroxylation is 1. The number of benzene rings is 1. The lowest BCUT2D eigenvalue weighted by Crippen LogP contribution is -2.35. The first kappa shape index (κ1) is 21.1. The van der Waals surface area contributed by atoms with Gasteiger partial charge in [-0.3, -0.25) is 4.79 Å². The summed E-state index contributed by atoms with van der Waals surface area (Å²) in [7, 11) is -2.29. The number of nitrogens with zero attached hydrogens (tertiary/aromatic N) is 3. The van der Waals surface area contributed by atoms with Gasteiger partial charge in [0.15, 0.2) is 9.84 Å². The quantitative estimate of drug-likeness (QED) is 0.680. The smallest absolute Gasteiger partial charge is 0.283 e. The Labute approximate surface area is 166 Å². The summed E-state index contributed by atoms with van der Waals surface area (Å²) in [6.07, 6.45) is -0.700. The van der Waals surface area contributed by atoms with Crippen LogP contribution in [0.4, 0.5) is 13.2 Å². The minimum Gasteiger partial charge on any atom is -0.331 e. The largest absolute Gasteiger partial charge is 0.331 e. The van der Waals surface area contributed by atoms with Crippen LogP contribution in [0.3, 0.4) is 0 Å². The lowest BCUT2D eigenvalue weighted by Gasteiger charge is -2.24. The van der Waals surface area contributed by atoms with Crippen molar-refractivity contribution in [1.82, 2.24) is 14.7 Å². The molecule has 0 N–H and O–H groups in total. The van der Waals surface area contributed by atoms with Crippen LogP contribution in [0.25, 0.3) is 5.57 Å². The molecule has 1 fully saturated rings. The minimum absolute atomic E-state index is 0.0479. The second kappa shape index (κ2) is 7.66. The minimum atomic E-state index is -3.43. The number of hydrogen-bond donors (Lipinski definition) is 0. The lowest BCUT2D eigenvalue weighted by atomic mass is 10.1. The molecule has 0 atom stereocenters. The molecule has 0 radical (unpaired) electrons. The van der Waals surface area contributed by atoms with Crippen LogP contribution in [0, 0.1) is 5.95 Å². The molecule has 1 aromatic carbocycles. The Morgan fingerprint density at radius 1 is 1.38 bits per heavy atom. The number of alkyl halides is 2. The van der Waals surface area contributed by atoms with Crippen molar-refractivity contribution in [2.45, 2.75) is 30.2 Å². The summed E-state index contributed by atoms with van der Waals surface area (Å²) in [4.78, 5) is 14.3. The molecule has 0 bridgehead atoms. The van der Waals surface area contributed by atoms with Crippen LogP contribution < -0.4 is 0 Å². The molecule has 0 unspecified atom stereocenters. The van der Waals surface area contributed by atoms with Gasteiger partial charge >= 0.3 is 0 Å². The molecular weight excluding hydrogens is 407 g/mol. The Kier molecular flexibility index (Phi) is 5.57. The Balaban J connectivity index is 1.91. The summed E-state index contributed by atoms with van der Waals surface area (Å²) in [6, 6.07) is 5.85. The average molecular weight is 427 g/mol. The van der Waals surface area contributed by atoms with E-state index in [1.54, 1.807) is 12.1 Å². The summed E-state index contributed by atoms with van der Waals surface area (Å²) < 4.78 is 65.0. The third-order valence-electron chi connectivity index (χ3n) is 4.70. The van der Waals surface area contributed by atoms with Crippen molar-refractivity contribution in [3.8, 4) is 0 Å². The van der Waals surface area contributed by atoms with Crippen LogP contribution in [-0.2, 0) is 16.9 Å². The number of halogens is 3. The summed E-state index contributed by atoms with van der Waals surface area (Å²) >= 11 is 0. The number of rotatable bonds is 7. The molecule has 29 heavy (non-hydrogen) atoms.